The zero-order chi connectivity index (χ0) is 9.97. The molecule has 14 heavy (non-hydrogen) atoms. The number of rotatable bonds is 1. The lowest BCUT2D eigenvalue weighted by atomic mass is 10.2. The lowest BCUT2D eigenvalue weighted by molar-refractivity contribution is 0.500. The Morgan fingerprint density at radius 2 is 2.50 bits per heavy atom. The largest absolute Gasteiger partial charge is 0.364 e. The Morgan fingerprint density at radius 3 is 3.21 bits per heavy atom. The molecule has 0 bridgehead atoms. The highest BCUT2D eigenvalue weighted by Crippen LogP contribution is 2.26. The third-order valence-electron chi connectivity index (χ3n) is 2.56. The molecule has 1 N–H and O–H groups in total. The predicted molar refractivity (Wildman–Crippen MR) is 58.9 cm³/mol. The summed E-state index contributed by atoms with van der Waals surface area (Å²) in [6, 6.07) is 2.32. The van der Waals surface area contributed by atoms with Gasteiger partial charge in [0.05, 0.1) is 16.9 Å². The molecule has 1 saturated heterocycles. The monoisotopic (exact) mass is 211 g/mol. The van der Waals surface area contributed by atoms with Crippen LogP contribution in [0.3, 0.4) is 0 Å². The first-order chi connectivity index (χ1) is 6.79. The maximum Gasteiger partial charge on any atom is 0.0745 e. The summed E-state index contributed by atoms with van der Waals surface area (Å²) in [4.78, 5) is 6.41. The van der Waals surface area contributed by atoms with Gasteiger partial charge in [0, 0.05) is 31.9 Å². The second-order valence-electron chi connectivity index (χ2n) is 3.57. The summed E-state index contributed by atoms with van der Waals surface area (Å²) in [6.45, 7) is 5.20. The average molecular weight is 212 g/mol. The molecule has 0 aliphatic carbocycles. The Morgan fingerprint density at radius 1 is 1.64 bits per heavy atom. The molecule has 0 amide bonds. The highest BCUT2D eigenvalue weighted by Gasteiger charge is 2.19. The van der Waals surface area contributed by atoms with Crippen molar-refractivity contribution in [2.24, 2.45) is 0 Å². The highest BCUT2D eigenvalue weighted by atomic mass is 35.5. The van der Waals surface area contributed by atoms with Crippen LogP contribution in [0.2, 0.25) is 5.02 Å². The van der Waals surface area contributed by atoms with Crippen molar-refractivity contribution in [3.63, 3.8) is 0 Å². The van der Waals surface area contributed by atoms with Crippen LogP contribution in [0.5, 0.6) is 0 Å². The topological polar surface area (TPSA) is 28.2 Å². The summed E-state index contributed by atoms with van der Waals surface area (Å²) in [5.41, 5.74) is 1.04. The van der Waals surface area contributed by atoms with Crippen molar-refractivity contribution in [3.8, 4) is 0 Å². The molecule has 0 aromatic carbocycles. The van der Waals surface area contributed by atoms with Crippen LogP contribution in [0, 0.1) is 0 Å². The van der Waals surface area contributed by atoms with Gasteiger partial charge in [0.25, 0.3) is 0 Å². The number of piperazine rings is 1. The molecule has 0 radical (unpaired) electrons. The standard InChI is InChI=1S/C10H14ClN3/c1-8-6-13-4-5-14(8)10-7-12-3-2-9(10)11/h2-3,7-8,13H,4-6H2,1H3. The molecule has 76 valence electrons. The molecule has 1 fully saturated rings. The molecular weight excluding hydrogens is 198 g/mol. The first-order valence-corrected chi connectivity index (χ1v) is 5.23. The van der Waals surface area contributed by atoms with Crippen LogP contribution >= 0.6 is 11.6 Å². The molecule has 1 aliphatic heterocycles. The quantitative estimate of drug-likeness (QED) is 0.764. The fraction of sp³-hybridized carbons (Fsp3) is 0.500. The third-order valence-corrected chi connectivity index (χ3v) is 2.88. The van der Waals surface area contributed by atoms with Crippen molar-refractivity contribution >= 4 is 17.3 Å². The Hall–Kier alpha value is -0.800. The molecule has 1 aliphatic rings. The van der Waals surface area contributed by atoms with Crippen LogP contribution in [0.25, 0.3) is 0 Å². The molecule has 2 heterocycles. The van der Waals surface area contributed by atoms with Gasteiger partial charge in [0.15, 0.2) is 0 Å². The van der Waals surface area contributed by atoms with Crippen molar-refractivity contribution < 1.29 is 0 Å². The average Bonchev–Trinajstić information content (AvgIpc) is 2.20. The van der Waals surface area contributed by atoms with Crippen molar-refractivity contribution in [1.29, 1.82) is 0 Å². The lowest BCUT2D eigenvalue weighted by Crippen LogP contribution is -2.50. The summed E-state index contributed by atoms with van der Waals surface area (Å²) < 4.78 is 0. The number of aromatic nitrogens is 1. The normalized spacial score (nSPS) is 22.4. The van der Waals surface area contributed by atoms with Gasteiger partial charge in [-0.15, -0.1) is 0 Å². The fourth-order valence-electron chi connectivity index (χ4n) is 1.78. The molecule has 4 heteroatoms. The van der Waals surface area contributed by atoms with Gasteiger partial charge in [0.2, 0.25) is 0 Å². The molecular formula is C10H14ClN3. The lowest BCUT2D eigenvalue weighted by Gasteiger charge is -2.36. The minimum atomic E-state index is 0.477. The van der Waals surface area contributed by atoms with Crippen LogP contribution in [0.4, 0.5) is 5.69 Å². The first kappa shape index (κ1) is 9.74. The van der Waals surface area contributed by atoms with E-state index < -0.39 is 0 Å². The van der Waals surface area contributed by atoms with Crippen LogP contribution in [-0.2, 0) is 0 Å². The molecule has 1 aromatic heterocycles. The Labute approximate surface area is 89.1 Å². The van der Waals surface area contributed by atoms with E-state index in [-0.39, 0.29) is 0 Å². The van der Waals surface area contributed by atoms with Gasteiger partial charge in [-0.1, -0.05) is 11.6 Å². The molecule has 3 nitrogen and oxygen atoms in total. The van der Waals surface area contributed by atoms with E-state index in [1.54, 1.807) is 6.20 Å². The second kappa shape index (κ2) is 4.15. The van der Waals surface area contributed by atoms with E-state index in [1.807, 2.05) is 12.3 Å². The van der Waals surface area contributed by atoms with Crippen LogP contribution in [0.15, 0.2) is 18.5 Å². The molecule has 0 spiro atoms. The summed E-state index contributed by atoms with van der Waals surface area (Å²) in [7, 11) is 0. The van der Waals surface area contributed by atoms with Crippen LogP contribution in [0.1, 0.15) is 6.92 Å². The van der Waals surface area contributed by atoms with E-state index in [9.17, 15) is 0 Å². The Balaban J connectivity index is 2.25. The summed E-state index contributed by atoms with van der Waals surface area (Å²) in [5.74, 6) is 0. The molecule has 0 saturated carbocycles. The van der Waals surface area contributed by atoms with Gasteiger partial charge in [0.1, 0.15) is 0 Å². The first-order valence-electron chi connectivity index (χ1n) is 4.86. The van der Waals surface area contributed by atoms with Crippen molar-refractivity contribution in [2.75, 3.05) is 24.5 Å². The van der Waals surface area contributed by atoms with E-state index in [0.717, 1.165) is 30.3 Å². The second-order valence-corrected chi connectivity index (χ2v) is 3.98. The number of pyridine rings is 1. The number of hydrogen-bond donors (Lipinski definition) is 1. The van der Waals surface area contributed by atoms with Crippen molar-refractivity contribution in [2.45, 2.75) is 13.0 Å². The predicted octanol–water partition coefficient (Wildman–Crippen LogP) is 1.53. The van der Waals surface area contributed by atoms with Crippen LogP contribution < -0.4 is 10.2 Å². The highest BCUT2D eigenvalue weighted by molar-refractivity contribution is 6.33. The number of halogens is 1. The number of nitrogens with one attached hydrogen (secondary N) is 1. The van der Waals surface area contributed by atoms with Gasteiger partial charge in [-0.2, -0.15) is 0 Å². The fourth-order valence-corrected chi connectivity index (χ4v) is 1.99. The summed E-state index contributed by atoms with van der Waals surface area (Å²) in [6.07, 6.45) is 3.56. The van der Waals surface area contributed by atoms with Gasteiger partial charge in [-0.25, -0.2) is 0 Å². The van der Waals surface area contributed by atoms with E-state index in [2.05, 4.69) is 22.1 Å². The summed E-state index contributed by atoms with van der Waals surface area (Å²) in [5, 5.41) is 4.13. The van der Waals surface area contributed by atoms with E-state index in [0.29, 0.717) is 6.04 Å². The van der Waals surface area contributed by atoms with E-state index >= 15 is 0 Å². The minimum Gasteiger partial charge on any atom is -0.364 e. The van der Waals surface area contributed by atoms with Gasteiger partial charge in [-0.3, -0.25) is 4.98 Å². The molecule has 1 atom stereocenters. The van der Waals surface area contributed by atoms with Crippen molar-refractivity contribution in [3.05, 3.63) is 23.5 Å². The van der Waals surface area contributed by atoms with Gasteiger partial charge < -0.3 is 10.2 Å². The summed E-state index contributed by atoms with van der Waals surface area (Å²) >= 11 is 6.12. The van der Waals surface area contributed by atoms with Gasteiger partial charge >= 0.3 is 0 Å². The Kier molecular flexibility index (Phi) is 2.89. The number of nitrogens with zero attached hydrogens (tertiary/aromatic N) is 2. The van der Waals surface area contributed by atoms with Crippen molar-refractivity contribution in [1.82, 2.24) is 10.3 Å². The molecule has 1 aromatic rings. The Bertz CT molecular complexity index is 316. The van der Waals surface area contributed by atoms with Crippen LogP contribution in [-0.4, -0.2) is 30.7 Å². The SMILES string of the molecule is CC1CNCCN1c1cnccc1Cl. The zero-order valence-electron chi connectivity index (χ0n) is 8.20. The third kappa shape index (κ3) is 1.83. The molecule has 1 unspecified atom stereocenters. The minimum absolute atomic E-state index is 0.477. The number of anilines is 1. The molecule has 2 rings (SSSR count). The van der Waals surface area contributed by atoms with E-state index in [4.69, 9.17) is 11.6 Å². The van der Waals surface area contributed by atoms with Gasteiger partial charge in [-0.05, 0) is 13.0 Å². The maximum absolute atomic E-state index is 6.12. The zero-order valence-corrected chi connectivity index (χ0v) is 8.96. The number of hydrogen-bond acceptors (Lipinski definition) is 3. The maximum atomic E-state index is 6.12. The van der Waals surface area contributed by atoms with E-state index in [1.165, 1.54) is 0 Å². The smallest absolute Gasteiger partial charge is 0.0745 e.